The number of aliphatic hydroxyl groups is 1. The van der Waals surface area contributed by atoms with Crippen molar-refractivity contribution in [2.24, 2.45) is 0 Å². The zero-order valence-corrected chi connectivity index (χ0v) is 41.7. The summed E-state index contributed by atoms with van der Waals surface area (Å²) in [5.41, 5.74) is 5.37. The number of benzene rings is 4. The third kappa shape index (κ3) is 11.6. The fourth-order valence-corrected chi connectivity index (χ4v) is 16.3. The Morgan fingerprint density at radius 1 is 0.600 bits per heavy atom. The van der Waals surface area contributed by atoms with E-state index in [1.165, 1.54) is 41.8 Å². The van der Waals surface area contributed by atoms with E-state index in [-0.39, 0.29) is 15.6 Å². The largest absolute Gasteiger partial charge is 0.392 e. The SMILES string of the molecule is CC.CC.CC(C)(C)S(O)(c1ccccc1)c1ccccc1.CCc1c(COS(c2ccccc2)(c2ccccc2)C(C)(C)C)csc1-c1scc2c1CC(O)C2.COC. The van der Waals surface area contributed by atoms with Gasteiger partial charge in [-0.05, 0) is 136 Å². The van der Waals surface area contributed by atoms with E-state index in [4.69, 9.17) is 4.18 Å². The molecule has 0 radical (unpaired) electrons. The van der Waals surface area contributed by atoms with E-state index < -0.39 is 20.6 Å². The highest BCUT2D eigenvalue weighted by Gasteiger charge is 2.42. The first kappa shape index (κ1) is 51.2. The standard InChI is InChI=1S/C30H34O2S3.C16H20OS.C2H6O.2C2H6/c1-5-26-22(20-34-28(26)29-27-17-23(31)16-21(27)19-33-29)18-32-35(30(2,3)4,24-12-8-6-9-13-24)25-14-10-7-11-15-25;1-16(2,3)18(17,14-10-6-4-7-11-14)15-12-8-5-9-13-15;1-3-2;2*1-2/h6-15,19-20,23,31H,5,16-18H2,1-4H3;4-13,17H,1-3H3;1-2H3;2*1-2H3. The fraction of sp³-hybridized carbons (Fsp3) is 0.385. The van der Waals surface area contributed by atoms with Crippen molar-refractivity contribution in [1.29, 1.82) is 0 Å². The van der Waals surface area contributed by atoms with Crippen LogP contribution < -0.4 is 0 Å². The zero-order chi connectivity index (χ0) is 44.6. The normalized spacial score (nSPS) is 14.1. The van der Waals surface area contributed by atoms with Crippen molar-refractivity contribution in [3.05, 3.63) is 154 Å². The Bertz CT molecular complexity index is 2000. The van der Waals surface area contributed by atoms with Crippen LogP contribution >= 0.6 is 43.3 Å². The second kappa shape index (κ2) is 23.9. The molecule has 1 atom stereocenters. The Morgan fingerprint density at radius 3 is 1.38 bits per heavy atom. The van der Waals surface area contributed by atoms with Gasteiger partial charge >= 0.3 is 0 Å². The van der Waals surface area contributed by atoms with Crippen LogP contribution in [0.2, 0.25) is 0 Å². The molecule has 0 fully saturated rings. The number of methoxy groups -OCH3 is 1. The third-order valence-corrected chi connectivity index (χ3v) is 19.9. The van der Waals surface area contributed by atoms with Gasteiger partial charge in [0.2, 0.25) is 0 Å². The maximum absolute atomic E-state index is 11.4. The molecule has 60 heavy (non-hydrogen) atoms. The molecule has 4 nitrogen and oxygen atoms in total. The van der Waals surface area contributed by atoms with Gasteiger partial charge in [-0.25, -0.2) is 0 Å². The molecule has 1 unspecified atom stereocenters. The van der Waals surface area contributed by atoms with Gasteiger partial charge in [0, 0.05) is 59.5 Å². The molecule has 0 amide bonds. The summed E-state index contributed by atoms with van der Waals surface area (Å²) >= 11 is 3.67. The summed E-state index contributed by atoms with van der Waals surface area (Å²) in [5, 5.41) is 14.7. The predicted octanol–water partition coefficient (Wildman–Crippen LogP) is 16.1. The minimum atomic E-state index is -2.01. The smallest absolute Gasteiger partial charge is 0.0862 e. The molecule has 1 aliphatic carbocycles. The van der Waals surface area contributed by atoms with Crippen molar-refractivity contribution in [1.82, 2.24) is 0 Å². The van der Waals surface area contributed by atoms with Crippen molar-refractivity contribution in [2.75, 3.05) is 14.2 Å². The molecule has 6 aromatic rings. The zero-order valence-electron chi connectivity index (χ0n) is 38.5. The van der Waals surface area contributed by atoms with Gasteiger partial charge in [0.15, 0.2) is 0 Å². The lowest BCUT2D eigenvalue weighted by molar-refractivity contribution is 0.187. The van der Waals surface area contributed by atoms with E-state index in [1.54, 1.807) is 14.2 Å². The minimum Gasteiger partial charge on any atom is -0.392 e. The van der Waals surface area contributed by atoms with Gasteiger partial charge in [-0.2, -0.15) is 0 Å². The van der Waals surface area contributed by atoms with E-state index in [9.17, 15) is 9.66 Å². The number of ether oxygens (including phenoxy) is 1. The number of aliphatic hydroxyl groups excluding tert-OH is 1. The summed E-state index contributed by atoms with van der Waals surface area (Å²) in [6, 6.07) is 41.6. The molecule has 2 heterocycles. The second-order valence-corrected chi connectivity index (χ2v) is 24.4. The molecule has 328 valence electrons. The van der Waals surface area contributed by atoms with Gasteiger partial charge in [-0.15, -0.1) is 22.7 Å². The third-order valence-electron chi connectivity index (χ3n) is 9.88. The highest BCUT2D eigenvalue weighted by molar-refractivity contribution is 8.31. The molecular weight excluding hydrogens is 817 g/mol. The van der Waals surface area contributed by atoms with E-state index in [1.807, 2.05) is 111 Å². The van der Waals surface area contributed by atoms with Crippen molar-refractivity contribution in [3.63, 3.8) is 0 Å². The van der Waals surface area contributed by atoms with Crippen LogP contribution in [0.1, 0.15) is 98.4 Å². The van der Waals surface area contributed by atoms with Crippen LogP contribution in [0.15, 0.2) is 152 Å². The maximum atomic E-state index is 11.4. The summed E-state index contributed by atoms with van der Waals surface area (Å²) in [6.45, 7) is 24.1. The molecule has 7 rings (SSSR count). The van der Waals surface area contributed by atoms with E-state index in [0.717, 1.165) is 29.1 Å². The second-order valence-electron chi connectivity index (χ2n) is 15.8. The highest BCUT2D eigenvalue weighted by atomic mass is 32.3. The fourth-order valence-electron chi connectivity index (χ4n) is 7.29. The van der Waals surface area contributed by atoms with Crippen molar-refractivity contribution in [2.45, 2.75) is 137 Å². The Morgan fingerprint density at radius 2 is 1.00 bits per heavy atom. The van der Waals surface area contributed by atoms with Crippen molar-refractivity contribution < 1.29 is 18.6 Å². The topological polar surface area (TPSA) is 58.9 Å². The molecule has 2 N–H and O–H groups in total. The number of thiophene rings is 2. The lowest BCUT2D eigenvalue weighted by Gasteiger charge is -2.50. The molecule has 2 aromatic heterocycles. The molecule has 4 aromatic carbocycles. The summed E-state index contributed by atoms with van der Waals surface area (Å²) in [5.74, 6) is 0. The Balaban J connectivity index is 0.000000323. The summed E-state index contributed by atoms with van der Waals surface area (Å²) in [7, 11) is -0.543. The van der Waals surface area contributed by atoms with Crippen LogP contribution in [0.3, 0.4) is 0 Å². The predicted molar refractivity (Wildman–Crippen MR) is 267 cm³/mol. The summed E-state index contributed by atoms with van der Waals surface area (Å²) in [4.78, 5) is 7.27. The molecule has 8 heteroatoms. The van der Waals surface area contributed by atoms with Crippen LogP contribution in [0, 0.1) is 0 Å². The Labute approximate surface area is 375 Å². The van der Waals surface area contributed by atoms with Crippen molar-refractivity contribution >= 4 is 43.3 Å². The van der Waals surface area contributed by atoms with Gasteiger partial charge in [0.1, 0.15) is 0 Å². The van der Waals surface area contributed by atoms with E-state index in [0.29, 0.717) is 6.61 Å². The molecule has 1 aliphatic rings. The summed E-state index contributed by atoms with van der Waals surface area (Å²) in [6.07, 6.45) is 2.31. The lowest BCUT2D eigenvalue weighted by atomic mass is 10.1. The molecule has 0 saturated heterocycles. The summed E-state index contributed by atoms with van der Waals surface area (Å²) < 4.78 is 22.5. The monoisotopic (exact) mass is 888 g/mol. The first-order valence-electron chi connectivity index (χ1n) is 21.2. The lowest BCUT2D eigenvalue weighted by Crippen LogP contribution is -2.27. The van der Waals surface area contributed by atoms with Crippen LogP contribution in [-0.2, 0) is 34.8 Å². The van der Waals surface area contributed by atoms with E-state index in [2.05, 4.69) is 125 Å². The van der Waals surface area contributed by atoms with Crippen molar-refractivity contribution in [3.8, 4) is 9.75 Å². The van der Waals surface area contributed by atoms with E-state index >= 15 is 0 Å². The minimum absolute atomic E-state index is 0.0916. The number of hydrogen-bond donors (Lipinski definition) is 2. The average Bonchev–Trinajstić information content (AvgIpc) is 3.97. The number of fused-ring (bicyclic) bond motifs is 1. The quantitative estimate of drug-likeness (QED) is 0.152. The number of hydrogen-bond acceptors (Lipinski definition) is 6. The molecule has 0 bridgehead atoms. The highest BCUT2D eigenvalue weighted by Crippen LogP contribution is 2.72. The van der Waals surface area contributed by atoms with Gasteiger partial charge < -0.3 is 18.6 Å². The maximum Gasteiger partial charge on any atom is 0.0862 e. The average molecular weight is 889 g/mol. The number of rotatable bonds is 9. The van der Waals surface area contributed by atoms with Crippen LogP contribution in [0.5, 0.6) is 0 Å². The van der Waals surface area contributed by atoms with Gasteiger partial charge in [-0.3, -0.25) is 0 Å². The van der Waals surface area contributed by atoms with Crippen LogP contribution in [-0.4, -0.2) is 39.5 Å². The first-order valence-corrected chi connectivity index (χ1v) is 26.1. The first-order chi connectivity index (χ1) is 28.7. The molecular formula is C52H72O4S4. The Kier molecular flexibility index (Phi) is 20.4. The Hall–Kier alpha value is -3.18. The molecule has 0 saturated carbocycles. The van der Waals surface area contributed by atoms with Gasteiger partial charge in [0.25, 0.3) is 0 Å². The van der Waals surface area contributed by atoms with Gasteiger partial charge in [0.05, 0.1) is 12.7 Å². The molecule has 0 aliphatic heterocycles. The van der Waals surface area contributed by atoms with Crippen LogP contribution in [0.4, 0.5) is 0 Å². The van der Waals surface area contributed by atoms with Crippen LogP contribution in [0.25, 0.3) is 9.75 Å². The molecule has 0 spiro atoms. The van der Waals surface area contributed by atoms with Gasteiger partial charge in [-0.1, -0.05) is 128 Å².